The summed E-state index contributed by atoms with van der Waals surface area (Å²) in [6.45, 7) is 4.03. The molecular weight excluding hydrogens is 308 g/mol. The number of hydrogen-bond donors (Lipinski definition) is 1. The molecule has 3 heteroatoms. The number of carbonyl (C=O) groups excluding carboxylic acids is 1. The molecule has 2 aromatic carbocycles. The van der Waals surface area contributed by atoms with E-state index in [1.807, 2.05) is 11.0 Å². The number of carbonyl (C=O) groups is 1. The predicted octanol–water partition coefficient (Wildman–Crippen LogP) is 3.89. The summed E-state index contributed by atoms with van der Waals surface area (Å²) in [4.78, 5) is 13.5. The van der Waals surface area contributed by atoms with E-state index >= 15 is 0 Å². The van der Waals surface area contributed by atoms with E-state index in [1.165, 1.54) is 36.0 Å². The van der Waals surface area contributed by atoms with E-state index in [4.69, 9.17) is 0 Å². The lowest BCUT2D eigenvalue weighted by Crippen LogP contribution is -2.46. The predicted molar refractivity (Wildman–Crippen MR) is 103 cm³/mol. The molecule has 0 aromatic heterocycles. The second-order valence-corrected chi connectivity index (χ2v) is 7.07. The van der Waals surface area contributed by atoms with Crippen LogP contribution in [0.1, 0.15) is 31.7 Å². The van der Waals surface area contributed by atoms with Crippen molar-refractivity contribution in [2.75, 3.05) is 13.1 Å². The van der Waals surface area contributed by atoms with Crippen molar-refractivity contribution in [3.8, 4) is 11.1 Å². The van der Waals surface area contributed by atoms with Gasteiger partial charge in [0.2, 0.25) is 6.41 Å². The van der Waals surface area contributed by atoms with Crippen molar-refractivity contribution in [1.82, 2.24) is 10.2 Å². The number of nitrogens with zero attached hydrogens (tertiary/aromatic N) is 1. The molecule has 0 aliphatic carbocycles. The maximum absolute atomic E-state index is 11.5. The van der Waals surface area contributed by atoms with E-state index < -0.39 is 0 Å². The van der Waals surface area contributed by atoms with Gasteiger partial charge in [0.05, 0.1) is 0 Å². The molecule has 2 aromatic rings. The van der Waals surface area contributed by atoms with Gasteiger partial charge in [0.15, 0.2) is 0 Å². The van der Waals surface area contributed by atoms with Crippen LogP contribution in [0.2, 0.25) is 0 Å². The van der Waals surface area contributed by atoms with Crippen LogP contribution in [0.3, 0.4) is 0 Å². The zero-order valence-corrected chi connectivity index (χ0v) is 15.0. The topological polar surface area (TPSA) is 32.3 Å². The summed E-state index contributed by atoms with van der Waals surface area (Å²) in [5, 5.41) is 3.53. The minimum atomic E-state index is 0.212. The maximum Gasteiger partial charge on any atom is 0.210 e. The quantitative estimate of drug-likeness (QED) is 0.778. The molecule has 1 aliphatic heterocycles. The molecule has 1 N–H and O–H groups in total. The highest BCUT2D eigenvalue weighted by Crippen LogP contribution is 2.20. The van der Waals surface area contributed by atoms with Crippen LogP contribution in [0, 0.1) is 0 Å². The van der Waals surface area contributed by atoms with Crippen LogP contribution in [0.25, 0.3) is 11.1 Å². The third kappa shape index (κ3) is 4.93. The summed E-state index contributed by atoms with van der Waals surface area (Å²) >= 11 is 0. The highest BCUT2D eigenvalue weighted by atomic mass is 16.1. The zero-order valence-electron chi connectivity index (χ0n) is 15.0. The number of nitrogens with one attached hydrogen (secondary N) is 1. The van der Waals surface area contributed by atoms with Crippen LogP contribution in [-0.4, -0.2) is 36.5 Å². The van der Waals surface area contributed by atoms with Crippen LogP contribution in [0.5, 0.6) is 0 Å². The SMILES string of the molecule is C[C@H](Cc1ccc(-c2ccccc2)cc1)N(C=O)CC1CCCCN1. The lowest BCUT2D eigenvalue weighted by molar-refractivity contribution is -0.120. The van der Waals surface area contributed by atoms with Crippen molar-refractivity contribution in [2.45, 2.75) is 44.7 Å². The highest BCUT2D eigenvalue weighted by molar-refractivity contribution is 5.63. The van der Waals surface area contributed by atoms with Gasteiger partial charge >= 0.3 is 0 Å². The molecule has 1 fully saturated rings. The molecule has 132 valence electrons. The lowest BCUT2D eigenvalue weighted by Gasteiger charge is -2.32. The van der Waals surface area contributed by atoms with Crippen LogP contribution in [0.15, 0.2) is 54.6 Å². The summed E-state index contributed by atoms with van der Waals surface area (Å²) in [7, 11) is 0. The molecule has 3 rings (SSSR count). The van der Waals surface area contributed by atoms with Gasteiger partial charge in [-0.1, -0.05) is 61.0 Å². The largest absolute Gasteiger partial charge is 0.341 e. The Bertz CT molecular complexity index is 647. The first-order chi connectivity index (χ1) is 12.3. The number of rotatable bonds is 7. The van der Waals surface area contributed by atoms with Gasteiger partial charge in [-0.15, -0.1) is 0 Å². The Kier molecular flexibility index (Phi) is 6.24. The average Bonchev–Trinajstić information content (AvgIpc) is 2.68. The zero-order chi connectivity index (χ0) is 17.5. The molecule has 1 unspecified atom stereocenters. The van der Waals surface area contributed by atoms with Gasteiger partial charge < -0.3 is 10.2 Å². The van der Waals surface area contributed by atoms with E-state index in [9.17, 15) is 4.79 Å². The fourth-order valence-corrected chi connectivity index (χ4v) is 3.58. The van der Waals surface area contributed by atoms with Crippen molar-refractivity contribution in [1.29, 1.82) is 0 Å². The first-order valence-electron chi connectivity index (χ1n) is 9.35. The lowest BCUT2D eigenvalue weighted by atomic mass is 10.00. The van der Waals surface area contributed by atoms with Crippen molar-refractivity contribution in [3.05, 3.63) is 60.2 Å². The fourth-order valence-electron chi connectivity index (χ4n) is 3.58. The summed E-state index contributed by atoms with van der Waals surface area (Å²) in [5.41, 5.74) is 3.74. The Hall–Kier alpha value is -2.13. The van der Waals surface area contributed by atoms with Crippen molar-refractivity contribution >= 4 is 6.41 Å². The van der Waals surface area contributed by atoms with Crippen molar-refractivity contribution in [3.63, 3.8) is 0 Å². The van der Waals surface area contributed by atoms with E-state index in [0.29, 0.717) is 6.04 Å². The Labute approximate surface area is 151 Å². The Morgan fingerprint density at radius 1 is 1.08 bits per heavy atom. The van der Waals surface area contributed by atoms with Gasteiger partial charge in [0.25, 0.3) is 0 Å². The van der Waals surface area contributed by atoms with Gasteiger partial charge in [-0.25, -0.2) is 0 Å². The number of hydrogen-bond acceptors (Lipinski definition) is 2. The first kappa shape index (κ1) is 17.7. The van der Waals surface area contributed by atoms with Crippen molar-refractivity contribution < 1.29 is 4.79 Å². The monoisotopic (exact) mass is 336 g/mol. The van der Waals surface area contributed by atoms with Gasteiger partial charge in [-0.05, 0) is 49.4 Å². The van der Waals surface area contributed by atoms with Crippen LogP contribution in [-0.2, 0) is 11.2 Å². The first-order valence-corrected chi connectivity index (χ1v) is 9.35. The van der Waals surface area contributed by atoms with Gasteiger partial charge in [-0.3, -0.25) is 4.79 Å². The number of piperidine rings is 1. The average molecular weight is 336 g/mol. The van der Waals surface area contributed by atoms with E-state index in [-0.39, 0.29) is 6.04 Å². The van der Waals surface area contributed by atoms with Crippen molar-refractivity contribution in [2.24, 2.45) is 0 Å². The summed E-state index contributed by atoms with van der Waals surface area (Å²) in [5.74, 6) is 0. The summed E-state index contributed by atoms with van der Waals surface area (Å²) in [6, 6.07) is 19.8. The molecule has 25 heavy (non-hydrogen) atoms. The minimum absolute atomic E-state index is 0.212. The molecule has 1 aliphatic rings. The van der Waals surface area contributed by atoms with Gasteiger partial charge in [0, 0.05) is 18.6 Å². The second-order valence-electron chi connectivity index (χ2n) is 7.07. The molecule has 1 amide bonds. The molecular formula is C22H28N2O. The van der Waals surface area contributed by atoms with Crippen LogP contribution in [0.4, 0.5) is 0 Å². The highest BCUT2D eigenvalue weighted by Gasteiger charge is 2.19. The smallest absolute Gasteiger partial charge is 0.210 e. The molecule has 0 saturated carbocycles. The third-order valence-electron chi connectivity index (χ3n) is 5.14. The summed E-state index contributed by atoms with van der Waals surface area (Å²) < 4.78 is 0. The van der Waals surface area contributed by atoms with Gasteiger partial charge in [0.1, 0.15) is 0 Å². The maximum atomic E-state index is 11.5. The third-order valence-corrected chi connectivity index (χ3v) is 5.14. The Morgan fingerprint density at radius 2 is 1.80 bits per heavy atom. The standard InChI is InChI=1S/C22H28N2O/c1-18(24(17-25)16-22-9-5-6-14-23-22)15-19-10-12-21(13-11-19)20-7-3-2-4-8-20/h2-4,7-8,10-13,17-18,22-23H,5-6,9,14-16H2,1H3/t18-,22?/m1/s1. The minimum Gasteiger partial charge on any atom is -0.341 e. The molecule has 1 saturated heterocycles. The molecule has 1 heterocycles. The Balaban J connectivity index is 1.59. The van der Waals surface area contributed by atoms with E-state index in [0.717, 1.165) is 25.9 Å². The molecule has 0 radical (unpaired) electrons. The molecule has 0 spiro atoms. The van der Waals surface area contributed by atoms with E-state index in [1.54, 1.807) is 0 Å². The molecule has 3 nitrogen and oxygen atoms in total. The fraction of sp³-hybridized carbons (Fsp3) is 0.409. The number of benzene rings is 2. The van der Waals surface area contributed by atoms with Crippen LogP contribution < -0.4 is 5.32 Å². The molecule has 0 bridgehead atoms. The van der Waals surface area contributed by atoms with Crippen LogP contribution >= 0.6 is 0 Å². The van der Waals surface area contributed by atoms with E-state index in [2.05, 4.69) is 60.8 Å². The second kappa shape index (κ2) is 8.82. The normalized spacial score (nSPS) is 18.5. The number of amides is 1. The molecule has 2 atom stereocenters. The summed E-state index contributed by atoms with van der Waals surface area (Å²) in [6.07, 6.45) is 5.59. The Morgan fingerprint density at radius 3 is 2.44 bits per heavy atom. The van der Waals surface area contributed by atoms with Gasteiger partial charge in [-0.2, -0.15) is 0 Å².